The van der Waals surface area contributed by atoms with Crippen molar-refractivity contribution >= 4 is 11.4 Å². The van der Waals surface area contributed by atoms with Crippen LogP contribution in [0.2, 0.25) is 0 Å². The van der Waals surface area contributed by atoms with Crippen molar-refractivity contribution in [2.45, 2.75) is 32.7 Å². The van der Waals surface area contributed by atoms with Crippen molar-refractivity contribution in [2.75, 3.05) is 17.7 Å². The predicted molar refractivity (Wildman–Crippen MR) is 88.1 cm³/mol. The molecule has 0 amide bonds. The summed E-state index contributed by atoms with van der Waals surface area (Å²) in [5.74, 6) is 0.635. The fourth-order valence-corrected chi connectivity index (χ4v) is 2.31. The van der Waals surface area contributed by atoms with Gasteiger partial charge in [-0.1, -0.05) is 44.2 Å². The number of nitrogen functional groups attached to an aromatic ring is 1. The SMILES string of the molecule is CCC(C)c1ccc(CN(C)c2cccc(N)c2)cc1. The molecule has 0 heterocycles. The molecule has 2 nitrogen and oxygen atoms in total. The van der Waals surface area contributed by atoms with Crippen molar-refractivity contribution in [2.24, 2.45) is 0 Å². The van der Waals surface area contributed by atoms with Gasteiger partial charge >= 0.3 is 0 Å². The Bertz CT molecular complexity index is 546. The van der Waals surface area contributed by atoms with E-state index in [2.05, 4.69) is 56.1 Å². The Morgan fingerprint density at radius 1 is 1.10 bits per heavy atom. The number of hydrogen-bond donors (Lipinski definition) is 1. The van der Waals surface area contributed by atoms with E-state index in [4.69, 9.17) is 5.73 Å². The van der Waals surface area contributed by atoms with E-state index in [1.807, 2.05) is 18.2 Å². The Morgan fingerprint density at radius 2 is 1.80 bits per heavy atom. The zero-order chi connectivity index (χ0) is 14.5. The highest BCUT2D eigenvalue weighted by molar-refractivity contribution is 5.55. The molecule has 0 aromatic heterocycles. The molecule has 0 aliphatic heterocycles. The highest BCUT2D eigenvalue weighted by Crippen LogP contribution is 2.21. The van der Waals surface area contributed by atoms with Crippen molar-refractivity contribution in [3.63, 3.8) is 0 Å². The average molecular weight is 268 g/mol. The Kier molecular flexibility index (Phi) is 4.67. The molecule has 2 rings (SSSR count). The van der Waals surface area contributed by atoms with Crippen molar-refractivity contribution in [1.82, 2.24) is 0 Å². The van der Waals surface area contributed by atoms with Gasteiger partial charge < -0.3 is 10.6 Å². The smallest absolute Gasteiger partial charge is 0.0426 e. The van der Waals surface area contributed by atoms with Gasteiger partial charge in [0, 0.05) is 25.0 Å². The first-order valence-electron chi connectivity index (χ1n) is 7.25. The molecule has 0 spiro atoms. The Hall–Kier alpha value is -1.96. The van der Waals surface area contributed by atoms with Crippen molar-refractivity contribution in [1.29, 1.82) is 0 Å². The van der Waals surface area contributed by atoms with Gasteiger partial charge in [0.05, 0.1) is 0 Å². The molecule has 0 saturated heterocycles. The first-order chi connectivity index (χ1) is 9.60. The second kappa shape index (κ2) is 6.47. The van der Waals surface area contributed by atoms with Crippen molar-refractivity contribution in [3.8, 4) is 0 Å². The maximum atomic E-state index is 5.83. The quantitative estimate of drug-likeness (QED) is 0.813. The summed E-state index contributed by atoms with van der Waals surface area (Å²) >= 11 is 0. The number of hydrogen-bond acceptors (Lipinski definition) is 2. The van der Waals surface area contributed by atoms with Gasteiger partial charge in [-0.15, -0.1) is 0 Å². The molecule has 1 atom stereocenters. The zero-order valence-corrected chi connectivity index (χ0v) is 12.6. The van der Waals surface area contributed by atoms with Gasteiger partial charge in [-0.3, -0.25) is 0 Å². The third kappa shape index (κ3) is 3.53. The summed E-state index contributed by atoms with van der Waals surface area (Å²) in [5.41, 5.74) is 10.5. The molecular formula is C18H24N2. The summed E-state index contributed by atoms with van der Waals surface area (Å²) in [6, 6.07) is 16.9. The molecule has 0 aliphatic carbocycles. The van der Waals surface area contributed by atoms with Crippen LogP contribution in [-0.2, 0) is 6.54 Å². The zero-order valence-electron chi connectivity index (χ0n) is 12.6. The third-order valence-electron chi connectivity index (χ3n) is 3.89. The van der Waals surface area contributed by atoms with E-state index in [1.54, 1.807) is 0 Å². The molecule has 106 valence electrons. The number of nitrogens with two attached hydrogens (primary N) is 1. The summed E-state index contributed by atoms with van der Waals surface area (Å²) in [4.78, 5) is 2.22. The normalized spacial score (nSPS) is 12.2. The number of benzene rings is 2. The molecule has 0 fully saturated rings. The minimum Gasteiger partial charge on any atom is -0.399 e. The van der Waals surface area contributed by atoms with E-state index in [0.717, 1.165) is 17.9 Å². The molecule has 2 heteroatoms. The second-order valence-corrected chi connectivity index (χ2v) is 5.50. The van der Waals surface area contributed by atoms with Gasteiger partial charge in [-0.25, -0.2) is 0 Å². The lowest BCUT2D eigenvalue weighted by molar-refractivity contribution is 0.733. The van der Waals surface area contributed by atoms with E-state index in [-0.39, 0.29) is 0 Å². The Balaban J connectivity index is 2.06. The van der Waals surface area contributed by atoms with Crippen molar-refractivity contribution in [3.05, 3.63) is 59.7 Å². The van der Waals surface area contributed by atoms with Gasteiger partial charge in [0.25, 0.3) is 0 Å². The summed E-state index contributed by atoms with van der Waals surface area (Å²) in [6.45, 7) is 5.39. The molecule has 0 saturated carbocycles. The molecule has 2 N–H and O–H groups in total. The first-order valence-corrected chi connectivity index (χ1v) is 7.25. The molecule has 0 bridgehead atoms. The van der Waals surface area contributed by atoms with Crippen LogP contribution < -0.4 is 10.6 Å². The van der Waals surface area contributed by atoms with Crippen LogP contribution in [0.25, 0.3) is 0 Å². The third-order valence-corrected chi connectivity index (χ3v) is 3.89. The lowest BCUT2D eigenvalue weighted by Crippen LogP contribution is -2.16. The monoisotopic (exact) mass is 268 g/mol. The summed E-state index contributed by atoms with van der Waals surface area (Å²) in [7, 11) is 2.09. The lowest BCUT2D eigenvalue weighted by Gasteiger charge is -2.20. The second-order valence-electron chi connectivity index (χ2n) is 5.50. The number of rotatable bonds is 5. The molecule has 2 aromatic carbocycles. The van der Waals surface area contributed by atoms with Gasteiger partial charge in [0.2, 0.25) is 0 Å². The highest BCUT2D eigenvalue weighted by atomic mass is 15.1. The topological polar surface area (TPSA) is 29.3 Å². The Labute approximate surface area is 122 Å². The molecule has 1 unspecified atom stereocenters. The fourth-order valence-electron chi connectivity index (χ4n) is 2.31. The largest absolute Gasteiger partial charge is 0.399 e. The van der Waals surface area contributed by atoms with Gasteiger partial charge in [0.1, 0.15) is 0 Å². The predicted octanol–water partition coefficient (Wildman–Crippen LogP) is 4.42. The first kappa shape index (κ1) is 14.4. The van der Waals surface area contributed by atoms with Crippen molar-refractivity contribution < 1.29 is 0 Å². The number of anilines is 2. The van der Waals surface area contributed by atoms with Gasteiger partial charge in [-0.2, -0.15) is 0 Å². The van der Waals surface area contributed by atoms with E-state index in [1.165, 1.54) is 17.5 Å². The molecule has 0 aliphatic rings. The van der Waals surface area contributed by atoms with Crippen LogP contribution >= 0.6 is 0 Å². The van der Waals surface area contributed by atoms with E-state index < -0.39 is 0 Å². The highest BCUT2D eigenvalue weighted by Gasteiger charge is 2.05. The van der Waals surface area contributed by atoms with Crippen LogP contribution in [0.3, 0.4) is 0 Å². The van der Waals surface area contributed by atoms with Crippen LogP contribution in [0.5, 0.6) is 0 Å². The molecule has 0 radical (unpaired) electrons. The van der Waals surface area contributed by atoms with E-state index in [9.17, 15) is 0 Å². The molecule has 2 aromatic rings. The van der Waals surface area contributed by atoms with Crippen LogP contribution in [-0.4, -0.2) is 7.05 Å². The van der Waals surface area contributed by atoms with Crippen LogP contribution in [0.1, 0.15) is 37.3 Å². The van der Waals surface area contributed by atoms with Crippen LogP contribution in [0.4, 0.5) is 11.4 Å². The molecule has 20 heavy (non-hydrogen) atoms. The van der Waals surface area contributed by atoms with Crippen LogP contribution in [0.15, 0.2) is 48.5 Å². The Morgan fingerprint density at radius 3 is 2.40 bits per heavy atom. The van der Waals surface area contributed by atoms with E-state index >= 15 is 0 Å². The summed E-state index contributed by atoms with van der Waals surface area (Å²) in [6.07, 6.45) is 1.18. The van der Waals surface area contributed by atoms with E-state index in [0.29, 0.717) is 5.92 Å². The van der Waals surface area contributed by atoms with Gasteiger partial charge in [0.15, 0.2) is 0 Å². The van der Waals surface area contributed by atoms with Crippen LogP contribution in [0, 0.1) is 0 Å². The summed E-state index contributed by atoms with van der Waals surface area (Å²) < 4.78 is 0. The fraction of sp³-hybridized carbons (Fsp3) is 0.333. The number of nitrogens with zero attached hydrogens (tertiary/aromatic N) is 1. The lowest BCUT2D eigenvalue weighted by atomic mass is 9.97. The summed E-state index contributed by atoms with van der Waals surface area (Å²) in [5, 5.41) is 0. The van der Waals surface area contributed by atoms with Gasteiger partial charge in [-0.05, 0) is 41.7 Å². The maximum absolute atomic E-state index is 5.83. The average Bonchev–Trinajstić information content (AvgIpc) is 2.47. The minimum atomic E-state index is 0.635. The standard InChI is InChI=1S/C18H24N2/c1-4-14(2)16-10-8-15(9-11-16)13-20(3)18-7-5-6-17(19)12-18/h5-12,14H,4,13,19H2,1-3H3. The molecular weight excluding hydrogens is 244 g/mol. The minimum absolute atomic E-state index is 0.635. The maximum Gasteiger partial charge on any atom is 0.0426 e.